The van der Waals surface area contributed by atoms with E-state index in [1.807, 2.05) is 0 Å². The molecular weight excluding hydrogens is 187 g/mol. The number of halogens is 1. The monoisotopic (exact) mass is 206 g/mol. The molecule has 0 aliphatic carbocycles. The maximum Gasteiger partial charge on any atom is 0.368 e. The summed E-state index contributed by atoms with van der Waals surface area (Å²) in [6.07, 6.45) is -0.199. The third kappa shape index (κ3) is 6.83. The number of hydrogen-bond donors (Lipinski definition) is 0. The molecule has 0 aliphatic rings. The molecule has 4 heteroatoms. The van der Waals surface area contributed by atoms with Crippen molar-refractivity contribution in [2.24, 2.45) is 5.92 Å². The number of hydrogen-bond acceptors (Lipinski definition) is 3. The van der Waals surface area contributed by atoms with Gasteiger partial charge in [-0.1, -0.05) is 13.8 Å². The van der Waals surface area contributed by atoms with Crippen LogP contribution in [0.4, 0.5) is 4.39 Å². The summed E-state index contributed by atoms with van der Waals surface area (Å²) in [6.45, 7) is 6.23. The summed E-state index contributed by atoms with van der Waals surface area (Å²) in [5, 5.41) is 0. The lowest BCUT2D eigenvalue weighted by Gasteiger charge is -2.09. The van der Waals surface area contributed by atoms with Crippen molar-refractivity contribution in [1.29, 1.82) is 0 Å². The van der Waals surface area contributed by atoms with E-state index in [4.69, 9.17) is 0 Å². The highest BCUT2D eigenvalue weighted by Gasteiger charge is 2.18. The van der Waals surface area contributed by atoms with E-state index < -0.39 is 12.3 Å². The molecule has 0 saturated heterocycles. The van der Waals surface area contributed by atoms with E-state index in [0.29, 0.717) is 5.92 Å². The fourth-order valence-corrected chi connectivity index (χ4v) is 0.954. The average molecular weight is 206 g/mol. The van der Waals surface area contributed by atoms with Crippen molar-refractivity contribution in [3.63, 3.8) is 0 Å². The van der Waals surface area contributed by atoms with E-state index in [9.17, 15) is 9.18 Å². The van der Waals surface area contributed by atoms with Gasteiger partial charge in [-0.2, -0.15) is 0 Å². The van der Waals surface area contributed by atoms with Crippen LogP contribution in [-0.4, -0.2) is 25.5 Å². The van der Waals surface area contributed by atoms with E-state index in [-0.39, 0.29) is 13.2 Å². The van der Waals surface area contributed by atoms with Crippen molar-refractivity contribution in [3.8, 4) is 0 Å². The van der Waals surface area contributed by atoms with Crippen LogP contribution < -0.4 is 0 Å². The minimum Gasteiger partial charge on any atom is -0.462 e. The lowest BCUT2D eigenvalue weighted by Crippen LogP contribution is -2.22. The Kier molecular flexibility index (Phi) is 7.38. The van der Waals surface area contributed by atoms with Gasteiger partial charge in [-0.15, -0.1) is 0 Å². The highest BCUT2D eigenvalue weighted by atomic mass is 19.1. The molecule has 0 aliphatic heterocycles. The molecule has 0 aromatic carbocycles. The SMILES string of the molecule is CCOC(=O)C(F)OCCCC(C)C. The Balaban J connectivity index is 3.43. The fourth-order valence-electron chi connectivity index (χ4n) is 0.954. The Bertz CT molecular complexity index is 159. The van der Waals surface area contributed by atoms with Gasteiger partial charge in [0.1, 0.15) is 0 Å². The molecule has 84 valence electrons. The number of esters is 1. The molecule has 0 saturated carbocycles. The van der Waals surface area contributed by atoms with Crippen molar-refractivity contribution in [2.75, 3.05) is 13.2 Å². The van der Waals surface area contributed by atoms with E-state index in [1.54, 1.807) is 6.92 Å². The van der Waals surface area contributed by atoms with Crippen LogP contribution in [0.1, 0.15) is 33.6 Å². The molecule has 0 radical (unpaired) electrons. The zero-order valence-electron chi connectivity index (χ0n) is 9.09. The van der Waals surface area contributed by atoms with E-state index in [1.165, 1.54) is 0 Å². The quantitative estimate of drug-likeness (QED) is 0.473. The fraction of sp³-hybridized carbons (Fsp3) is 0.900. The summed E-state index contributed by atoms with van der Waals surface area (Å²) in [6, 6.07) is 0. The maximum absolute atomic E-state index is 12.8. The van der Waals surface area contributed by atoms with E-state index in [2.05, 4.69) is 23.3 Å². The molecule has 0 heterocycles. The molecule has 1 unspecified atom stereocenters. The Hall–Kier alpha value is -0.640. The van der Waals surface area contributed by atoms with Crippen LogP contribution in [0.3, 0.4) is 0 Å². The van der Waals surface area contributed by atoms with E-state index in [0.717, 1.165) is 12.8 Å². The van der Waals surface area contributed by atoms with Gasteiger partial charge in [0.15, 0.2) is 0 Å². The van der Waals surface area contributed by atoms with Gasteiger partial charge in [0.2, 0.25) is 0 Å². The topological polar surface area (TPSA) is 35.5 Å². The Morgan fingerprint density at radius 3 is 2.57 bits per heavy atom. The van der Waals surface area contributed by atoms with Gasteiger partial charge in [0, 0.05) is 0 Å². The van der Waals surface area contributed by atoms with Crippen LogP contribution in [-0.2, 0) is 14.3 Å². The minimum atomic E-state index is -1.93. The molecule has 0 bridgehead atoms. The number of ether oxygens (including phenoxy) is 2. The van der Waals surface area contributed by atoms with Crippen molar-refractivity contribution in [1.82, 2.24) is 0 Å². The number of rotatable bonds is 7. The predicted molar refractivity (Wildman–Crippen MR) is 51.6 cm³/mol. The van der Waals surface area contributed by atoms with Gasteiger partial charge in [-0.05, 0) is 25.7 Å². The van der Waals surface area contributed by atoms with Crippen molar-refractivity contribution in [2.45, 2.75) is 40.0 Å². The number of carbonyl (C=O) groups is 1. The highest BCUT2D eigenvalue weighted by molar-refractivity contribution is 5.72. The normalized spacial score (nSPS) is 12.9. The first-order chi connectivity index (χ1) is 6.57. The molecule has 0 rings (SSSR count). The third-order valence-corrected chi connectivity index (χ3v) is 1.66. The minimum absolute atomic E-state index is 0.175. The number of alkyl halides is 1. The van der Waals surface area contributed by atoms with E-state index >= 15 is 0 Å². The molecule has 0 aromatic rings. The second-order valence-electron chi connectivity index (χ2n) is 3.47. The van der Waals surface area contributed by atoms with Gasteiger partial charge in [0.05, 0.1) is 13.2 Å². The summed E-state index contributed by atoms with van der Waals surface area (Å²) in [7, 11) is 0. The summed E-state index contributed by atoms with van der Waals surface area (Å²) >= 11 is 0. The van der Waals surface area contributed by atoms with Crippen LogP contribution >= 0.6 is 0 Å². The van der Waals surface area contributed by atoms with Gasteiger partial charge in [0.25, 0.3) is 6.36 Å². The number of carbonyl (C=O) groups excluding carboxylic acids is 1. The molecule has 3 nitrogen and oxygen atoms in total. The first-order valence-electron chi connectivity index (χ1n) is 5.00. The summed E-state index contributed by atoms with van der Waals surface area (Å²) in [5.74, 6) is -0.365. The summed E-state index contributed by atoms with van der Waals surface area (Å²) in [4.78, 5) is 10.7. The lowest BCUT2D eigenvalue weighted by atomic mass is 10.1. The third-order valence-electron chi connectivity index (χ3n) is 1.66. The summed E-state index contributed by atoms with van der Waals surface area (Å²) in [5.41, 5.74) is 0. The predicted octanol–water partition coefficient (Wildman–Crippen LogP) is 2.30. The molecule has 0 amide bonds. The first kappa shape index (κ1) is 13.4. The standard InChI is InChI=1S/C10H19FO3/c1-4-13-10(12)9(11)14-7-5-6-8(2)3/h8-9H,4-7H2,1-3H3. The average Bonchev–Trinajstić information content (AvgIpc) is 2.12. The van der Waals surface area contributed by atoms with Gasteiger partial charge in [-0.25, -0.2) is 9.18 Å². The highest BCUT2D eigenvalue weighted by Crippen LogP contribution is 2.05. The van der Waals surface area contributed by atoms with Crippen LogP contribution in [0.5, 0.6) is 0 Å². The van der Waals surface area contributed by atoms with Crippen LogP contribution in [0, 0.1) is 5.92 Å². The van der Waals surface area contributed by atoms with Crippen LogP contribution in [0.25, 0.3) is 0 Å². The summed E-state index contributed by atoms with van der Waals surface area (Å²) < 4.78 is 21.9. The van der Waals surface area contributed by atoms with Gasteiger partial charge in [-0.3, -0.25) is 0 Å². The zero-order valence-corrected chi connectivity index (χ0v) is 9.09. The molecule has 0 spiro atoms. The molecule has 1 atom stereocenters. The zero-order chi connectivity index (χ0) is 11.0. The van der Waals surface area contributed by atoms with Crippen LogP contribution in [0.2, 0.25) is 0 Å². The van der Waals surface area contributed by atoms with Crippen molar-refractivity contribution in [3.05, 3.63) is 0 Å². The lowest BCUT2D eigenvalue weighted by molar-refractivity contribution is -0.169. The Morgan fingerprint density at radius 2 is 2.07 bits per heavy atom. The molecule has 14 heavy (non-hydrogen) atoms. The Morgan fingerprint density at radius 1 is 1.43 bits per heavy atom. The van der Waals surface area contributed by atoms with Crippen molar-refractivity contribution < 1.29 is 18.7 Å². The molecular formula is C10H19FO3. The molecule has 0 aromatic heterocycles. The molecule has 0 N–H and O–H groups in total. The smallest absolute Gasteiger partial charge is 0.368 e. The largest absolute Gasteiger partial charge is 0.462 e. The second kappa shape index (κ2) is 7.74. The first-order valence-corrected chi connectivity index (χ1v) is 5.00. The Labute approximate surface area is 84.6 Å². The van der Waals surface area contributed by atoms with Gasteiger partial charge < -0.3 is 9.47 Å². The molecule has 0 fully saturated rings. The maximum atomic E-state index is 12.8. The van der Waals surface area contributed by atoms with Crippen LogP contribution in [0.15, 0.2) is 0 Å². The second-order valence-corrected chi connectivity index (χ2v) is 3.47. The van der Waals surface area contributed by atoms with Gasteiger partial charge >= 0.3 is 5.97 Å². The van der Waals surface area contributed by atoms with Crippen molar-refractivity contribution >= 4 is 5.97 Å².